The Morgan fingerprint density at radius 3 is 2.24 bits per heavy atom. The third-order valence-corrected chi connectivity index (χ3v) is 3.61. The molecule has 1 aromatic rings. The summed E-state index contributed by atoms with van der Waals surface area (Å²) in [5.41, 5.74) is 0.371. The van der Waals surface area contributed by atoms with Gasteiger partial charge in [-0.25, -0.2) is 0 Å². The second-order valence-corrected chi connectivity index (χ2v) is 5.66. The first-order valence-corrected chi connectivity index (χ1v) is 8.43. The third kappa shape index (κ3) is 7.04. The average Bonchev–Trinajstić information content (AvgIpc) is 2.61. The summed E-state index contributed by atoms with van der Waals surface area (Å²) in [4.78, 5) is 24.4. The van der Waals surface area contributed by atoms with Gasteiger partial charge in [0.05, 0.1) is 4.92 Å². The molecule has 0 aliphatic carbocycles. The minimum Gasteiger partial charge on any atom is -0.376 e. The fraction of sp³-hybridized carbons (Fsp3) is 0.444. The van der Waals surface area contributed by atoms with Crippen molar-refractivity contribution in [2.75, 3.05) is 18.4 Å². The summed E-state index contributed by atoms with van der Waals surface area (Å²) in [6.45, 7) is 5.78. The molecule has 0 bridgehead atoms. The molecular formula is C18H24N4O3. The van der Waals surface area contributed by atoms with E-state index in [0.29, 0.717) is 5.69 Å². The van der Waals surface area contributed by atoms with Gasteiger partial charge in [-0.1, -0.05) is 26.7 Å². The largest absolute Gasteiger partial charge is 0.376 e. The van der Waals surface area contributed by atoms with Crippen molar-refractivity contribution in [1.29, 1.82) is 5.26 Å². The van der Waals surface area contributed by atoms with Gasteiger partial charge in [0, 0.05) is 37.1 Å². The van der Waals surface area contributed by atoms with Gasteiger partial charge in [-0.05, 0) is 25.0 Å². The number of unbranched alkanes of at least 4 members (excludes halogenated alkanes) is 2. The number of non-ortho nitro benzene ring substituents is 1. The molecule has 0 atom stereocenters. The molecule has 0 unspecified atom stereocenters. The summed E-state index contributed by atoms with van der Waals surface area (Å²) in [6, 6.07) is 7.43. The van der Waals surface area contributed by atoms with Crippen LogP contribution >= 0.6 is 0 Å². The smallest absolute Gasteiger partial charge is 0.269 e. The monoisotopic (exact) mass is 344 g/mol. The number of amides is 1. The molecule has 0 fully saturated rings. The summed E-state index contributed by atoms with van der Waals surface area (Å²) in [5.74, 6) is -0.519. The van der Waals surface area contributed by atoms with Crippen LogP contribution in [0.1, 0.15) is 39.5 Å². The number of hydrogen-bond acceptors (Lipinski definition) is 5. The van der Waals surface area contributed by atoms with Crippen molar-refractivity contribution in [1.82, 2.24) is 4.90 Å². The Hall–Kier alpha value is -2.88. The van der Waals surface area contributed by atoms with Crippen molar-refractivity contribution in [3.05, 3.63) is 46.2 Å². The van der Waals surface area contributed by atoms with E-state index in [-0.39, 0.29) is 11.3 Å². The molecule has 1 N–H and O–H groups in total. The van der Waals surface area contributed by atoms with Crippen molar-refractivity contribution in [2.45, 2.75) is 39.5 Å². The van der Waals surface area contributed by atoms with Crippen molar-refractivity contribution >= 4 is 17.3 Å². The van der Waals surface area contributed by atoms with Gasteiger partial charge in [0.15, 0.2) is 0 Å². The third-order valence-electron chi connectivity index (χ3n) is 3.61. The van der Waals surface area contributed by atoms with E-state index < -0.39 is 10.8 Å². The number of nitro groups is 1. The lowest BCUT2D eigenvalue weighted by molar-refractivity contribution is -0.384. The SMILES string of the molecule is CCCCN(/C=C(/C#N)C(=O)Nc1ccc([N+](=O)[O-])cc1)CCCC. The Balaban J connectivity index is 2.82. The Morgan fingerprint density at radius 1 is 1.24 bits per heavy atom. The van der Waals surface area contributed by atoms with Gasteiger partial charge in [0.2, 0.25) is 0 Å². The van der Waals surface area contributed by atoms with Gasteiger partial charge >= 0.3 is 0 Å². The summed E-state index contributed by atoms with van der Waals surface area (Å²) in [7, 11) is 0. The van der Waals surface area contributed by atoms with Gasteiger partial charge in [0.1, 0.15) is 11.6 Å². The molecule has 0 aliphatic heterocycles. The molecule has 134 valence electrons. The highest BCUT2D eigenvalue weighted by Crippen LogP contribution is 2.16. The normalized spacial score (nSPS) is 10.8. The first-order chi connectivity index (χ1) is 12.0. The lowest BCUT2D eigenvalue weighted by atomic mass is 10.2. The molecule has 0 aliphatic rings. The second kappa shape index (κ2) is 10.8. The summed E-state index contributed by atoms with van der Waals surface area (Å²) in [6.07, 6.45) is 5.65. The quantitative estimate of drug-likeness (QED) is 0.301. The number of nitro benzene ring substituents is 1. The van der Waals surface area contributed by atoms with E-state index >= 15 is 0 Å². The van der Waals surface area contributed by atoms with Crippen LogP contribution in [0, 0.1) is 21.4 Å². The van der Waals surface area contributed by atoms with Crippen LogP contribution in [0.2, 0.25) is 0 Å². The highest BCUT2D eigenvalue weighted by atomic mass is 16.6. The maximum absolute atomic E-state index is 12.3. The highest BCUT2D eigenvalue weighted by Gasteiger charge is 2.12. The average molecular weight is 344 g/mol. The van der Waals surface area contributed by atoms with Crippen LogP contribution < -0.4 is 5.32 Å². The zero-order chi connectivity index (χ0) is 18.7. The zero-order valence-electron chi connectivity index (χ0n) is 14.7. The fourth-order valence-corrected chi connectivity index (χ4v) is 2.15. The standard InChI is InChI=1S/C18H24N4O3/c1-3-5-11-21(12-6-4-2)14-15(13-19)18(23)20-16-7-9-17(10-8-16)22(24)25/h7-10,14H,3-6,11-12H2,1-2H3,(H,20,23)/b15-14-. The second-order valence-electron chi connectivity index (χ2n) is 5.66. The predicted molar refractivity (Wildman–Crippen MR) is 96.8 cm³/mol. The lowest BCUT2D eigenvalue weighted by Crippen LogP contribution is -2.23. The number of nitrogens with zero attached hydrogens (tertiary/aromatic N) is 3. The predicted octanol–water partition coefficient (Wildman–Crippen LogP) is 3.84. The van der Waals surface area contributed by atoms with Crippen molar-refractivity contribution < 1.29 is 9.72 Å². The molecule has 1 aromatic carbocycles. The molecule has 7 nitrogen and oxygen atoms in total. The van der Waals surface area contributed by atoms with Crippen LogP contribution in [0.3, 0.4) is 0 Å². The topological polar surface area (TPSA) is 99.3 Å². The van der Waals surface area contributed by atoms with Crippen LogP contribution in [0.25, 0.3) is 0 Å². The molecule has 0 aromatic heterocycles. The van der Waals surface area contributed by atoms with E-state index in [0.717, 1.165) is 38.8 Å². The van der Waals surface area contributed by atoms with Crippen LogP contribution in [0.4, 0.5) is 11.4 Å². The number of carbonyl (C=O) groups excluding carboxylic acids is 1. The lowest BCUT2D eigenvalue weighted by Gasteiger charge is -2.20. The van der Waals surface area contributed by atoms with E-state index in [2.05, 4.69) is 19.2 Å². The Kier molecular flexibility index (Phi) is 8.72. The van der Waals surface area contributed by atoms with Crippen LogP contribution in [-0.2, 0) is 4.79 Å². The van der Waals surface area contributed by atoms with Gasteiger partial charge < -0.3 is 10.2 Å². The van der Waals surface area contributed by atoms with Gasteiger partial charge in [-0.15, -0.1) is 0 Å². The summed E-state index contributed by atoms with van der Waals surface area (Å²) < 4.78 is 0. The number of rotatable bonds is 10. The van der Waals surface area contributed by atoms with Crippen molar-refractivity contribution in [3.63, 3.8) is 0 Å². The van der Waals surface area contributed by atoms with E-state index in [1.54, 1.807) is 6.20 Å². The molecule has 0 saturated carbocycles. The van der Waals surface area contributed by atoms with Crippen molar-refractivity contribution in [3.8, 4) is 6.07 Å². The van der Waals surface area contributed by atoms with Gasteiger partial charge in [0.25, 0.3) is 11.6 Å². The summed E-state index contributed by atoms with van der Waals surface area (Å²) >= 11 is 0. The van der Waals surface area contributed by atoms with Gasteiger partial charge in [-0.3, -0.25) is 14.9 Å². The zero-order valence-corrected chi connectivity index (χ0v) is 14.7. The number of anilines is 1. The van der Waals surface area contributed by atoms with E-state index in [1.807, 2.05) is 11.0 Å². The van der Waals surface area contributed by atoms with E-state index in [9.17, 15) is 20.2 Å². The fourth-order valence-electron chi connectivity index (χ4n) is 2.15. The maximum atomic E-state index is 12.3. The Labute approximate surface area is 148 Å². The number of nitriles is 1. The molecule has 0 heterocycles. The van der Waals surface area contributed by atoms with E-state index in [1.165, 1.54) is 24.3 Å². The van der Waals surface area contributed by atoms with Crippen molar-refractivity contribution in [2.24, 2.45) is 0 Å². The first-order valence-electron chi connectivity index (χ1n) is 8.43. The molecule has 1 rings (SSSR count). The van der Waals surface area contributed by atoms with Crippen LogP contribution in [-0.4, -0.2) is 28.8 Å². The van der Waals surface area contributed by atoms with Gasteiger partial charge in [-0.2, -0.15) is 5.26 Å². The maximum Gasteiger partial charge on any atom is 0.269 e. The molecule has 25 heavy (non-hydrogen) atoms. The molecule has 0 saturated heterocycles. The minimum atomic E-state index is -0.519. The van der Waals surface area contributed by atoms with Crippen LogP contribution in [0.5, 0.6) is 0 Å². The Morgan fingerprint density at radius 2 is 1.80 bits per heavy atom. The molecule has 7 heteroatoms. The molecule has 0 radical (unpaired) electrons. The van der Waals surface area contributed by atoms with Crippen LogP contribution in [0.15, 0.2) is 36.0 Å². The molecule has 1 amide bonds. The van der Waals surface area contributed by atoms with E-state index in [4.69, 9.17) is 0 Å². The minimum absolute atomic E-state index is 0.0190. The molecular weight excluding hydrogens is 320 g/mol. The number of nitrogens with one attached hydrogen (secondary N) is 1. The Bertz CT molecular complexity index is 639. The number of carbonyl (C=O) groups is 1. The number of hydrogen-bond donors (Lipinski definition) is 1. The first kappa shape index (κ1) is 20.2. The summed E-state index contributed by atoms with van der Waals surface area (Å²) in [5, 5.41) is 22.5. The molecule has 0 spiro atoms. The highest BCUT2D eigenvalue weighted by molar-refractivity contribution is 6.06. The number of benzene rings is 1.